The summed E-state index contributed by atoms with van der Waals surface area (Å²) in [4.78, 5) is 8.50. The van der Waals surface area contributed by atoms with Gasteiger partial charge in [-0.1, -0.05) is 0 Å². The molecular weight excluding hydrogens is 258 g/mol. The van der Waals surface area contributed by atoms with E-state index in [4.69, 9.17) is 11.6 Å². The van der Waals surface area contributed by atoms with Crippen molar-refractivity contribution < 1.29 is 0 Å². The van der Waals surface area contributed by atoms with Crippen molar-refractivity contribution in [1.82, 2.24) is 9.97 Å². The Hall–Kier alpha value is -0.830. The second kappa shape index (κ2) is 4.08. The molecule has 5 rings (SSSR count). The fourth-order valence-corrected chi connectivity index (χ4v) is 5.36. The van der Waals surface area contributed by atoms with E-state index >= 15 is 0 Å². The van der Waals surface area contributed by atoms with Crippen molar-refractivity contribution in [3.63, 3.8) is 0 Å². The molecule has 1 aromatic rings. The fraction of sp³-hybridized carbons (Fsp3) is 0.733. The maximum atomic E-state index is 5.97. The van der Waals surface area contributed by atoms with Crippen LogP contribution < -0.4 is 5.32 Å². The van der Waals surface area contributed by atoms with E-state index in [1.165, 1.54) is 38.5 Å². The van der Waals surface area contributed by atoms with Crippen LogP contribution in [0.15, 0.2) is 6.07 Å². The van der Waals surface area contributed by atoms with Gasteiger partial charge in [-0.3, -0.25) is 0 Å². The molecule has 4 aliphatic rings. The monoisotopic (exact) mass is 277 g/mol. The highest BCUT2D eigenvalue weighted by Crippen LogP contribution is 2.56. The van der Waals surface area contributed by atoms with Crippen LogP contribution in [0.2, 0.25) is 5.28 Å². The van der Waals surface area contributed by atoms with E-state index in [0.29, 0.717) is 10.8 Å². The Morgan fingerprint density at radius 3 is 2.21 bits per heavy atom. The predicted octanol–water partition coefficient (Wildman–Crippen LogP) is 3.82. The largest absolute Gasteiger partial charge is 0.364 e. The van der Waals surface area contributed by atoms with Crippen LogP contribution in [0, 0.1) is 24.7 Å². The van der Waals surface area contributed by atoms with Crippen LogP contribution in [0.1, 0.15) is 44.2 Å². The zero-order chi connectivity index (χ0) is 13.0. The molecular formula is C15H20ClN3. The highest BCUT2D eigenvalue weighted by Gasteiger charge is 2.51. The van der Waals surface area contributed by atoms with Gasteiger partial charge in [0.1, 0.15) is 5.82 Å². The van der Waals surface area contributed by atoms with E-state index in [1.807, 2.05) is 13.0 Å². The molecule has 1 N–H and O–H groups in total. The van der Waals surface area contributed by atoms with Gasteiger partial charge >= 0.3 is 0 Å². The number of halogens is 1. The number of aryl methyl sites for hydroxylation is 1. The lowest BCUT2D eigenvalue weighted by molar-refractivity contribution is 0.0105. The lowest BCUT2D eigenvalue weighted by Gasteiger charge is -2.57. The summed E-state index contributed by atoms with van der Waals surface area (Å²) in [7, 11) is 0. The van der Waals surface area contributed by atoms with Crippen LogP contribution >= 0.6 is 11.6 Å². The minimum atomic E-state index is 0.291. The van der Waals surface area contributed by atoms with Crippen LogP contribution in [0.3, 0.4) is 0 Å². The van der Waals surface area contributed by atoms with Crippen molar-refractivity contribution in [2.45, 2.75) is 51.0 Å². The molecule has 4 saturated carbocycles. The third kappa shape index (κ3) is 2.12. The molecule has 1 aromatic heterocycles. The molecule has 0 radical (unpaired) electrons. The Bertz CT molecular complexity index is 459. The molecule has 102 valence electrons. The summed E-state index contributed by atoms with van der Waals surface area (Å²) in [6.07, 6.45) is 8.35. The minimum absolute atomic E-state index is 0.291. The number of hydrogen-bond donors (Lipinski definition) is 1. The van der Waals surface area contributed by atoms with Gasteiger partial charge < -0.3 is 5.32 Å². The van der Waals surface area contributed by atoms with Gasteiger partial charge in [-0.2, -0.15) is 0 Å². The molecule has 0 saturated heterocycles. The Kier molecular flexibility index (Phi) is 2.57. The molecule has 0 unspecified atom stereocenters. The summed E-state index contributed by atoms with van der Waals surface area (Å²) in [5, 5.41) is 4.09. The first kappa shape index (κ1) is 12.0. The number of nitrogens with one attached hydrogen (secondary N) is 1. The van der Waals surface area contributed by atoms with Gasteiger partial charge in [0.05, 0.1) is 0 Å². The van der Waals surface area contributed by atoms with Gasteiger partial charge in [-0.25, -0.2) is 9.97 Å². The topological polar surface area (TPSA) is 37.8 Å². The van der Waals surface area contributed by atoms with Crippen molar-refractivity contribution in [3.8, 4) is 0 Å². The van der Waals surface area contributed by atoms with Crippen LogP contribution in [0.4, 0.5) is 5.82 Å². The molecule has 0 amide bonds. The highest BCUT2D eigenvalue weighted by atomic mass is 35.5. The summed E-state index contributed by atoms with van der Waals surface area (Å²) in [5.74, 6) is 3.74. The van der Waals surface area contributed by atoms with E-state index in [0.717, 1.165) is 29.3 Å². The SMILES string of the molecule is Cc1cc(NC23CC4CC(CC(C4)C2)C3)nc(Cl)n1. The predicted molar refractivity (Wildman–Crippen MR) is 76.3 cm³/mol. The van der Waals surface area contributed by atoms with E-state index in [2.05, 4.69) is 15.3 Å². The van der Waals surface area contributed by atoms with E-state index in [9.17, 15) is 0 Å². The standard InChI is InChI=1S/C15H20ClN3/c1-9-2-13(18-14(16)17-9)19-15-6-10-3-11(7-15)5-12(4-10)8-15/h2,10-12H,3-8H2,1H3,(H,17,18,19). The first-order chi connectivity index (χ1) is 9.10. The van der Waals surface area contributed by atoms with Gasteiger partial charge in [-0.15, -0.1) is 0 Å². The normalized spacial score (nSPS) is 39.6. The number of aromatic nitrogens is 2. The fourth-order valence-electron chi connectivity index (χ4n) is 5.13. The zero-order valence-electron chi connectivity index (χ0n) is 11.3. The number of nitrogens with zero attached hydrogens (tertiary/aromatic N) is 2. The molecule has 0 atom stereocenters. The molecule has 0 aliphatic heterocycles. The van der Waals surface area contributed by atoms with Crippen molar-refractivity contribution in [1.29, 1.82) is 0 Å². The Morgan fingerprint density at radius 2 is 1.68 bits per heavy atom. The second-order valence-corrected chi connectivity index (χ2v) is 7.32. The van der Waals surface area contributed by atoms with Gasteiger partial charge in [0.25, 0.3) is 0 Å². The summed E-state index contributed by atoms with van der Waals surface area (Å²) >= 11 is 5.97. The maximum Gasteiger partial charge on any atom is 0.224 e. The first-order valence-electron chi connectivity index (χ1n) is 7.40. The molecule has 3 nitrogen and oxygen atoms in total. The van der Waals surface area contributed by atoms with E-state index < -0.39 is 0 Å². The van der Waals surface area contributed by atoms with Crippen molar-refractivity contribution in [2.24, 2.45) is 17.8 Å². The maximum absolute atomic E-state index is 5.97. The Labute approximate surface area is 119 Å². The highest BCUT2D eigenvalue weighted by molar-refractivity contribution is 6.28. The third-order valence-corrected chi connectivity index (χ3v) is 5.43. The minimum Gasteiger partial charge on any atom is -0.364 e. The summed E-state index contributed by atoms with van der Waals surface area (Å²) in [6, 6.07) is 2.02. The van der Waals surface area contributed by atoms with Gasteiger partial charge in [0.15, 0.2) is 0 Å². The van der Waals surface area contributed by atoms with Gasteiger partial charge in [0, 0.05) is 17.3 Å². The zero-order valence-corrected chi connectivity index (χ0v) is 12.1. The summed E-state index contributed by atoms with van der Waals surface area (Å²) < 4.78 is 0. The Morgan fingerprint density at radius 1 is 1.11 bits per heavy atom. The van der Waals surface area contributed by atoms with Crippen LogP contribution in [0.5, 0.6) is 0 Å². The van der Waals surface area contributed by atoms with Crippen LogP contribution in [-0.2, 0) is 0 Å². The molecule has 0 aromatic carbocycles. The molecule has 4 bridgehead atoms. The lowest BCUT2D eigenvalue weighted by Crippen LogP contribution is -2.54. The summed E-state index contributed by atoms with van der Waals surface area (Å²) in [6.45, 7) is 1.97. The average molecular weight is 278 g/mol. The van der Waals surface area contributed by atoms with Gasteiger partial charge in [-0.05, 0) is 74.8 Å². The van der Waals surface area contributed by atoms with Gasteiger partial charge in [0.2, 0.25) is 5.28 Å². The van der Waals surface area contributed by atoms with Crippen LogP contribution in [0.25, 0.3) is 0 Å². The average Bonchev–Trinajstić information content (AvgIpc) is 2.23. The van der Waals surface area contributed by atoms with Crippen LogP contribution in [-0.4, -0.2) is 15.5 Å². The van der Waals surface area contributed by atoms with E-state index in [1.54, 1.807) is 0 Å². The van der Waals surface area contributed by atoms with Crippen molar-refractivity contribution in [2.75, 3.05) is 5.32 Å². The number of hydrogen-bond acceptors (Lipinski definition) is 3. The van der Waals surface area contributed by atoms with E-state index in [-0.39, 0.29) is 0 Å². The quantitative estimate of drug-likeness (QED) is 0.835. The molecule has 4 aliphatic carbocycles. The number of rotatable bonds is 2. The molecule has 0 spiro atoms. The molecule has 1 heterocycles. The first-order valence-corrected chi connectivity index (χ1v) is 7.77. The third-order valence-electron chi connectivity index (χ3n) is 5.26. The molecule has 4 heteroatoms. The number of anilines is 1. The molecule has 19 heavy (non-hydrogen) atoms. The lowest BCUT2D eigenvalue weighted by atomic mass is 9.53. The Balaban J connectivity index is 1.62. The molecule has 4 fully saturated rings. The second-order valence-electron chi connectivity index (χ2n) is 6.99. The van der Waals surface area contributed by atoms with Crippen molar-refractivity contribution >= 4 is 17.4 Å². The summed E-state index contributed by atoms with van der Waals surface area (Å²) in [5.41, 5.74) is 1.23. The smallest absolute Gasteiger partial charge is 0.224 e. The van der Waals surface area contributed by atoms with Crippen molar-refractivity contribution in [3.05, 3.63) is 17.0 Å².